The third-order valence-electron chi connectivity index (χ3n) is 6.17. The average Bonchev–Trinajstić information content (AvgIpc) is 2.88. The van der Waals surface area contributed by atoms with Crippen molar-refractivity contribution >= 4 is 32.4 Å². The van der Waals surface area contributed by atoms with Crippen molar-refractivity contribution in [3.8, 4) is 0 Å². The number of hydrogen-bond acceptors (Lipinski definition) is 6. The maximum Gasteiger partial charge on any atom is 0.243 e. The summed E-state index contributed by atoms with van der Waals surface area (Å²) in [6, 6.07) is 17.4. The van der Waals surface area contributed by atoms with E-state index < -0.39 is 10.0 Å². The van der Waals surface area contributed by atoms with Crippen LogP contribution in [0.15, 0.2) is 78.0 Å². The number of sulfonamides is 1. The molecule has 1 aliphatic heterocycles. The predicted octanol–water partition coefficient (Wildman–Crippen LogP) is 3.88. The molecule has 2 aromatic heterocycles. The number of nitrogens with one attached hydrogen (secondary N) is 1. The molecule has 1 N–H and O–H groups in total. The van der Waals surface area contributed by atoms with Crippen molar-refractivity contribution in [1.29, 1.82) is 0 Å². The smallest absolute Gasteiger partial charge is 0.243 e. The van der Waals surface area contributed by atoms with Gasteiger partial charge < -0.3 is 9.80 Å². The van der Waals surface area contributed by atoms with E-state index in [2.05, 4.69) is 24.5 Å². The number of para-hydroxylation sites is 1. The maximum atomic E-state index is 13.2. The topological polar surface area (TPSA) is 78.4 Å². The Hall–Kier alpha value is -3.56. The van der Waals surface area contributed by atoms with Crippen LogP contribution in [0.25, 0.3) is 10.9 Å². The number of aromatic nitrogens is 2. The summed E-state index contributed by atoms with van der Waals surface area (Å²) in [6.07, 6.45) is 3.37. The van der Waals surface area contributed by atoms with Gasteiger partial charge in [0.05, 0.1) is 5.52 Å². The monoisotopic (exact) mass is 491 g/mol. The van der Waals surface area contributed by atoms with Crippen LogP contribution in [0.3, 0.4) is 0 Å². The van der Waals surface area contributed by atoms with Gasteiger partial charge in [0.2, 0.25) is 10.0 Å². The van der Waals surface area contributed by atoms with Crippen molar-refractivity contribution in [2.45, 2.75) is 18.4 Å². The summed E-state index contributed by atoms with van der Waals surface area (Å²) in [5, 5.41) is 0.791. The molecular formula is C26H26FN5O2S. The molecule has 0 saturated carbocycles. The molecule has 180 valence electrons. The molecule has 1 saturated heterocycles. The number of fused-ring (bicyclic) bond motifs is 1. The first kappa shape index (κ1) is 23.2. The highest BCUT2D eigenvalue weighted by Gasteiger charge is 2.20. The van der Waals surface area contributed by atoms with Gasteiger partial charge in [0.1, 0.15) is 16.5 Å². The molecule has 0 amide bonds. The normalized spacial score (nSPS) is 14.5. The van der Waals surface area contributed by atoms with E-state index in [0.717, 1.165) is 54.2 Å². The molecule has 9 heteroatoms. The molecular weight excluding hydrogens is 465 g/mol. The summed E-state index contributed by atoms with van der Waals surface area (Å²) >= 11 is 0. The van der Waals surface area contributed by atoms with E-state index in [1.54, 1.807) is 36.7 Å². The fourth-order valence-electron chi connectivity index (χ4n) is 4.30. The lowest BCUT2D eigenvalue weighted by molar-refractivity contribution is 0.582. The number of hydrogen-bond donors (Lipinski definition) is 1. The molecule has 0 spiro atoms. The number of anilines is 2. The number of rotatable bonds is 6. The Labute approximate surface area is 204 Å². The van der Waals surface area contributed by atoms with Gasteiger partial charge in [-0.1, -0.05) is 12.1 Å². The number of benzene rings is 2. The van der Waals surface area contributed by atoms with Crippen molar-refractivity contribution in [2.24, 2.45) is 0 Å². The van der Waals surface area contributed by atoms with Gasteiger partial charge >= 0.3 is 0 Å². The van der Waals surface area contributed by atoms with Crippen LogP contribution in [0.1, 0.15) is 11.1 Å². The quantitative estimate of drug-likeness (QED) is 0.441. The van der Waals surface area contributed by atoms with Crippen molar-refractivity contribution in [3.05, 3.63) is 90.0 Å². The molecule has 0 unspecified atom stereocenters. The first-order chi connectivity index (χ1) is 16.9. The van der Waals surface area contributed by atoms with Crippen molar-refractivity contribution in [2.75, 3.05) is 36.0 Å². The molecule has 0 radical (unpaired) electrons. The zero-order valence-corrected chi connectivity index (χ0v) is 20.2. The molecule has 1 fully saturated rings. The molecule has 1 aliphatic rings. The second kappa shape index (κ2) is 9.59. The molecule has 2 aromatic carbocycles. The number of nitrogens with zero attached hydrogens (tertiary/aromatic N) is 4. The zero-order chi connectivity index (χ0) is 24.4. The van der Waals surface area contributed by atoms with Gasteiger partial charge in [0.25, 0.3) is 0 Å². The van der Waals surface area contributed by atoms with Gasteiger partial charge in [-0.2, -0.15) is 0 Å². The first-order valence-electron chi connectivity index (χ1n) is 11.4. The van der Waals surface area contributed by atoms with Crippen molar-refractivity contribution in [3.63, 3.8) is 0 Å². The summed E-state index contributed by atoms with van der Waals surface area (Å²) < 4.78 is 42.1. The Morgan fingerprint density at radius 1 is 0.943 bits per heavy atom. The zero-order valence-electron chi connectivity index (χ0n) is 19.4. The molecule has 7 nitrogen and oxygen atoms in total. The molecule has 5 rings (SSSR count). The predicted molar refractivity (Wildman–Crippen MR) is 136 cm³/mol. The maximum absolute atomic E-state index is 13.2. The second-order valence-electron chi connectivity index (χ2n) is 8.64. The van der Waals surface area contributed by atoms with Crippen LogP contribution in [-0.4, -0.2) is 44.6 Å². The minimum Gasteiger partial charge on any atom is -0.368 e. The lowest BCUT2D eigenvalue weighted by Gasteiger charge is -2.36. The number of piperazine rings is 1. The van der Waals surface area contributed by atoms with E-state index in [4.69, 9.17) is 0 Å². The fraction of sp³-hybridized carbons (Fsp3) is 0.231. The molecule has 35 heavy (non-hydrogen) atoms. The van der Waals surface area contributed by atoms with Crippen LogP contribution >= 0.6 is 0 Å². The summed E-state index contributed by atoms with van der Waals surface area (Å²) in [4.78, 5) is 13.4. The molecule has 3 heterocycles. The highest BCUT2D eigenvalue weighted by molar-refractivity contribution is 7.89. The van der Waals surface area contributed by atoms with Crippen LogP contribution < -0.4 is 14.5 Å². The van der Waals surface area contributed by atoms with Crippen LogP contribution in [0.4, 0.5) is 15.9 Å². The Morgan fingerprint density at radius 2 is 1.69 bits per heavy atom. The van der Waals surface area contributed by atoms with E-state index in [-0.39, 0.29) is 17.3 Å². The molecule has 0 aliphatic carbocycles. The summed E-state index contributed by atoms with van der Waals surface area (Å²) in [7, 11) is -3.76. The third-order valence-corrected chi connectivity index (χ3v) is 7.60. The van der Waals surface area contributed by atoms with Gasteiger partial charge in [-0.15, -0.1) is 0 Å². The van der Waals surface area contributed by atoms with Gasteiger partial charge in [-0.05, 0) is 66.6 Å². The van der Waals surface area contributed by atoms with Crippen molar-refractivity contribution < 1.29 is 12.8 Å². The van der Waals surface area contributed by atoms with Gasteiger partial charge in [0, 0.05) is 56.2 Å². The number of pyridine rings is 2. The van der Waals surface area contributed by atoms with Crippen LogP contribution in [0, 0.1) is 12.7 Å². The van der Waals surface area contributed by atoms with Gasteiger partial charge in [0.15, 0.2) is 0 Å². The molecule has 0 atom stereocenters. The Bertz CT molecular complexity index is 1450. The van der Waals surface area contributed by atoms with E-state index in [0.29, 0.717) is 5.52 Å². The second-order valence-corrected chi connectivity index (χ2v) is 10.4. The fourth-order valence-corrected chi connectivity index (χ4v) is 5.50. The number of aryl methyl sites for hydroxylation is 1. The SMILES string of the molecule is Cc1cnc2c(S(=O)(=O)NCc3ccnc(N4CCN(c5ccc(F)cc5)CC4)c3)cccc2c1. The van der Waals surface area contributed by atoms with E-state index in [1.165, 1.54) is 12.1 Å². The standard InChI is InChI=1S/C26H26FN5O2S/c1-19-15-21-3-2-4-24(26(21)29-17-19)35(33,34)30-18-20-9-10-28-25(16-20)32-13-11-31(12-14-32)23-7-5-22(27)6-8-23/h2-10,15-17,30H,11-14,18H2,1H3. The lowest BCUT2D eigenvalue weighted by atomic mass is 10.2. The van der Waals surface area contributed by atoms with E-state index >= 15 is 0 Å². The first-order valence-corrected chi connectivity index (χ1v) is 12.9. The summed E-state index contributed by atoms with van der Waals surface area (Å²) in [6.45, 7) is 5.18. The van der Waals surface area contributed by atoms with E-state index in [9.17, 15) is 12.8 Å². The van der Waals surface area contributed by atoms with Gasteiger partial charge in [-0.25, -0.2) is 22.5 Å². The highest BCUT2D eigenvalue weighted by Crippen LogP contribution is 2.23. The van der Waals surface area contributed by atoms with Crippen LogP contribution in [-0.2, 0) is 16.6 Å². The minimum absolute atomic E-state index is 0.148. The van der Waals surface area contributed by atoms with Crippen molar-refractivity contribution in [1.82, 2.24) is 14.7 Å². The molecule has 0 bridgehead atoms. The van der Waals surface area contributed by atoms with Crippen LogP contribution in [0.5, 0.6) is 0 Å². The Balaban J connectivity index is 1.26. The average molecular weight is 492 g/mol. The lowest BCUT2D eigenvalue weighted by Crippen LogP contribution is -2.46. The summed E-state index contributed by atoms with van der Waals surface area (Å²) in [5.41, 5.74) is 3.26. The molecule has 4 aromatic rings. The van der Waals surface area contributed by atoms with E-state index in [1.807, 2.05) is 31.2 Å². The Kier molecular flexibility index (Phi) is 6.36. The largest absolute Gasteiger partial charge is 0.368 e. The van der Waals surface area contributed by atoms with Crippen LogP contribution in [0.2, 0.25) is 0 Å². The summed E-state index contributed by atoms with van der Waals surface area (Å²) in [5.74, 6) is 0.568. The Morgan fingerprint density at radius 3 is 2.46 bits per heavy atom. The van der Waals surface area contributed by atoms with Gasteiger partial charge in [-0.3, -0.25) is 4.98 Å². The highest BCUT2D eigenvalue weighted by atomic mass is 32.2. The number of halogens is 1. The minimum atomic E-state index is -3.76. The third kappa shape index (κ3) is 5.11.